The Morgan fingerprint density at radius 2 is 1.94 bits per heavy atom. The van der Waals surface area contributed by atoms with Crippen LogP contribution in [0, 0.1) is 17.8 Å². The van der Waals surface area contributed by atoms with Gasteiger partial charge < -0.3 is 10.1 Å². The van der Waals surface area contributed by atoms with Gasteiger partial charge >= 0.3 is 0 Å². The molecule has 0 saturated heterocycles. The van der Waals surface area contributed by atoms with E-state index >= 15 is 0 Å². The van der Waals surface area contributed by atoms with Crippen LogP contribution >= 0.6 is 0 Å². The van der Waals surface area contributed by atoms with Crippen LogP contribution in [0.4, 0.5) is 0 Å². The van der Waals surface area contributed by atoms with Crippen LogP contribution in [0.1, 0.15) is 53.9 Å². The summed E-state index contributed by atoms with van der Waals surface area (Å²) in [5, 5.41) is 3.54. The second-order valence-corrected chi connectivity index (χ2v) is 5.50. The van der Waals surface area contributed by atoms with Gasteiger partial charge in [-0.15, -0.1) is 12.3 Å². The normalized spacial score (nSPS) is 15.3. The minimum absolute atomic E-state index is 0.152. The molecule has 2 unspecified atom stereocenters. The van der Waals surface area contributed by atoms with E-state index in [2.05, 4.69) is 45.9 Å². The summed E-state index contributed by atoms with van der Waals surface area (Å²) in [6.45, 7) is 12.6. The molecular formula is C15H29NO. The third kappa shape index (κ3) is 6.71. The Morgan fingerprint density at radius 3 is 2.35 bits per heavy atom. The number of unbranched alkanes of at least 4 members (excludes halogenated alkanes) is 1. The van der Waals surface area contributed by atoms with E-state index in [4.69, 9.17) is 11.2 Å². The van der Waals surface area contributed by atoms with Crippen molar-refractivity contribution in [3.05, 3.63) is 0 Å². The van der Waals surface area contributed by atoms with E-state index < -0.39 is 0 Å². The zero-order valence-corrected chi connectivity index (χ0v) is 12.2. The van der Waals surface area contributed by atoms with Crippen molar-refractivity contribution >= 4 is 0 Å². The van der Waals surface area contributed by atoms with Gasteiger partial charge in [0.2, 0.25) is 0 Å². The van der Waals surface area contributed by atoms with Crippen LogP contribution < -0.4 is 5.32 Å². The van der Waals surface area contributed by atoms with Crippen LogP contribution in [0.2, 0.25) is 0 Å². The van der Waals surface area contributed by atoms with Crippen LogP contribution in [-0.4, -0.2) is 25.3 Å². The topological polar surface area (TPSA) is 21.3 Å². The number of nitrogens with one attached hydrogen (secondary N) is 1. The number of hydrogen-bond acceptors (Lipinski definition) is 2. The second kappa shape index (κ2) is 8.55. The summed E-state index contributed by atoms with van der Waals surface area (Å²) in [7, 11) is 0. The molecule has 0 amide bonds. The lowest BCUT2D eigenvalue weighted by Gasteiger charge is -2.37. The Kier molecular flexibility index (Phi) is 8.29. The van der Waals surface area contributed by atoms with Gasteiger partial charge in [0.25, 0.3) is 0 Å². The van der Waals surface area contributed by atoms with Crippen molar-refractivity contribution in [1.82, 2.24) is 5.32 Å². The van der Waals surface area contributed by atoms with E-state index in [0.29, 0.717) is 6.04 Å². The van der Waals surface area contributed by atoms with Crippen LogP contribution in [0.3, 0.4) is 0 Å². The molecule has 100 valence electrons. The SMILES string of the molecule is C#CCCCC(NCC)C(OCC)C(C)(C)C. The monoisotopic (exact) mass is 239 g/mol. The molecule has 0 heterocycles. The highest BCUT2D eigenvalue weighted by Gasteiger charge is 2.31. The van der Waals surface area contributed by atoms with E-state index in [-0.39, 0.29) is 11.5 Å². The number of hydrogen-bond donors (Lipinski definition) is 1. The van der Waals surface area contributed by atoms with Crippen molar-refractivity contribution < 1.29 is 4.74 Å². The molecule has 0 aromatic rings. The van der Waals surface area contributed by atoms with E-state index in [9.17, 15) is 0 Å². The van der Waals surface area contributed by atoms with Gasteiger partial charge in [0.05, 0.1) is 6.10 Å². The van der Waals surface area contributed by atoms with Crippen molar-refractivity contribution in [2.24, 2.45) is 5.41 Å². The second-order valence-electron chi connectivity index (χ2n) is 5.50. The largest absolute Gasteiger partial charge is 0.376 e. The third-order valence-corrected chi connectivity index (χ3v) is 2.87. The van der Waals surface area contributed by atoms with Gasteiger partial charge in [-0.2, -0.15) is 0 Å². The first-order chi connectivity index (χ1) is 7.97. The molecule has 17 heavy (non-hydrogen) atoms. The average molecular weight is 239 g/mol. The molecule has 2 atom stereocenters. The van der Waals surface area contributed by atoms with E-state index in [0.717, 1.165) is 32.4 Å². The minimum Gasteiger partial charge on any atom is -0.376 e. The summed E-state index contributed by atoms with van der Waals surface area (Å²) in [5.74, 6) is 2.71. The van der Waals surface area contributed by atoms with Crippen LogP contribution in [0.25, 0.3) is 0 Å². The highest BCUT2D eigenvalue weighted by atomic mass is 16.5. The Balaban J connectivity index is 4.53. The van der Waals surface area contributed by atoms with Crippen molar-refractivity contribution in [1.29, 1.82) is 0 Å². The molecule has 0 aliphatic carbocycles. The molecule has 0 rings (SSSR count). The van der Waals surface area contributed by atoms with Crippen molar-refractivity contribution in [3.8, 4) is 12.3 Å². The Hall–Kier alpha value is -0.520. The average Bonchev–Trinajstić information content (AvgIpc) is 2.24. The Bertz CT molecular complexity index is 224. The van der Waals surface area contributed by atoms with Crippen LogP contribution in [0.15, 0.2) is 0 Å². The molecule has 0 bridgehead atoms. The minimum atomic E-state index is 0.152. The van der Waals surface area contributed by atoms with Crippen molar-refractivity contribution in [2.75, 3.05) is 13.2 Å². The molecule has 1 N–H and O–H groups in total. The zero-order chi connectivity index (χ0) is 13.3. The summed E-state index contributed by atoms with van der Waals surface area (Å²) in [6.07, 6.45) is 8.55. The highest BCUT2D eigenvalue weighted by molar-refractivity contribution is 4.89. The summed E-state index contributed by atoms with van der Waals surface area (Å²) >= 11 is 0. The van der Waals surface area contributed by atoms with Gasteiger partial charge in [-0.3, -0.25) is 0 Å². The standard InChI is InChI=1S/C15H29NO/c1-7-10-11-12-13(16-8-2)14(17-9-3)15(4,5)6/h1,13-14,16H,8-12H2,2-6H3. The van der Waals surface area contributed by atoms with Crippen LogP contribution in [-0.2, 0) is 4.74 Å². The van der Waals surface area contributed by atoms with Gasteiger partial charge in [-0.25, -0.2) is 0 Å². The maximum Gasteiger partial charge on any atom is 0.0775 e. The van der Waals surface area contributed by atoms with Gasteiger partial charge in [0, 0.05) is 19.1 Å². The molecule has 0 aliphatic rings. The molecule has 0 aromatic heterocycles. The van der Waals surface area contributed by atoms with E-state index in [1.54, 1.807) is 0 Å². The number of ether oxygens (including phenoxy) is 1. The number of terminal acetylenes is 1. The van der Waals surface area contributed by atoms with Crippen molar-refractivity contribution in [2.45, 2.75) is 66.0 Å². The lowest BCUT2D eigenvalue weighted by molar-refractivity contribution is -0.0373. The first-order valence-electron chi connectivity index (χ1n) is 6.75. The molecule has 0 radical (unpaired) electrons. The first-order valence-corrected chi connectivity index (χ1v) is 6.75. The summed E-state index contributed by atoms with van der Waals surface area (Å²) in [5.41, 5.74) is 0.152. The lowest BCUT2D eigenvalue weighted by Crippen LogP contribution is -2.48. The fraction of sp³-hybridized carbons (Fsp3) is 0.867. The maximum atomic E-state index is 5.94. The fourth-order valence-electron chi connectivity index (χ4n) is 2.20. The predicted octanol–water partition coefficient (Wildman–Crippen LogP) is 3.22. The predicted molar refractivity (Wildman–Crippen MR) is 75.0 cm³/mol. The molecule has 0 spiro atoms. The molecular weight excluding hydrogens is 210 g/mol. The van der Waals surface area contributed by atoms with E-state index in [1.807, 2.05) is 0 Å². The number of likely N-dealkylation sites (N-methyl/N-ethyl adjacent to an activating group) is 1. The van der Waals surface area contributed by atoms with Gasteiger partial charge in [-0.1, -0.05) is 27.7 Å². The van der Waals surface area contributed by atoms with Crippen molar-refractivity contribution in [3.63, 3.8) is 0 Å². The molecule has 2 nitrogen and oxygen atoms in total. The van der Waals surface area contributed by atoms with Gasteiger partial charge in [0.1, 0.15) is 0 Å². The lowest BCUT2D eigenvalue weighted by atomic mass is 9.82. The zero-order valence-electron chi connectivity index (χ0n) is 12.2. The quantitative estimate of drug-likeness (QED) is 0.519. The maximum absolute atomic E-state index is 5.94. The van der Waals surface area contributed by atoms with Crippen LogP contribution in [0.5, 0.6) is 0 Å². The summed E-state index contributed by atoms with van der Waals surface area (Å²) in [4.78, 5) is 0. The summed E-state index contributed by atoms with van der Waals surface area (Å²) < 4.78 is 5.94. The number of rotatable bonds is 8. The Morgan fingerprint density at radius 1 is 1.29 bits per heavy atom. The molecule has 0 saturated carbocycles. The first kappa shape index (κ1) is 16.5. The van der Waals surface area contributed by atoms with Gasteiger partial charge in [0.15, 0.2) is 0 Å². The molecule has 0 aromatic carbocycles. The molecule has 0 aliphatic heterocycles. The van der Waals surface area contributed by atoms with E-state index in [1.165, 1.54) is 0 Å². The Labute approximate surface area is 108 Å². The third-order valence-electron chi connectivity index (χ3n) is 2.87. The smallest absolute Gasteiger partial charge is 0.0775 e. The summed E-state index contributed by atoms with van der Waals surface area (Å²) in [6, 6.07) is 0.397. The van der Waals surface area contributed by atoms with Gasteiger partial charge in [-0.05, 0) is 31.7 Å². The molecule has 0 fully saturated rings. The molecule has 2 heteroatoms. The fourth-order valence-corrected chi connectivity index (χ4v) is 2.20. The highest BCUT2D eigenvalue weighted by Crippen LogP contribution is 2.27.